The first-order valence-corrected chi connectivity index (χ1v) is 8.43. The van der Waals surface area contributed by atoms with Crippen molar-refractivity contribution in [2.24, 2.45) is 10.9 Å². The van der Waals surface area contributed by atoms with Crippen LogP contribution >= 0.6 is 11.3 Å². The average molecular weight is 336 g/mol. The zero-order valence-corrected chi connectivity index (χ0v) is 13.6. The fraction of sp³-hybridized carbons (Fsp3) is 0.438. The van der Waals surface area contributed by atoms with E-state index in [9.17, 15) is 14.0 Å². The van der Waals surface area contributed by atoms with Crippen LogP contribution in [0.25, 0.3) is 10.2 Å². The van der Waals surface area contributed by atoms with Crippen molar-refractivity contribution in [1.82, 2.24) is 4.57 Å². The summed E-state index contributed by atoms with van der Waals surface area (Å²) in [6.07, 6.45) is 2.77. The van der Waals surface area contributed by atoms with E-state index in [2.05, 4.69) is 4.99 Å². The van der Waals surface area contributed by atoms with Gasteiger partial charge in [0.05, 0.1) is 16.8 Å². The van der Waals surface area contributed by atoms with Crippen LogP contribution in [0.15, 0.2) is 23.2 Å². The summed E-state index contributed by atoms with van der Waals surface area (Å²) in [5.74, 6) is -0.957. The molecule has 1 saturated carbocycles. The summed E-state index contributed by atoms with van der Waals surface area (Å²) in [5.41, 5.74) is 0.671. The minimum atomic E-state index is -0.408. The smallest absolute Gasteiger partial charge is 0.326 e. The number of ether oxygens (including phenoxy) is 1. The summed E-state index contributed by atoms with van der Waals surface area (Å²) in [6, 6.07) is 4.30. The predicted molar refractivity (Wildman–Crippen MR) is 84.3 cm³/mol. The molecule has 1 aliphatic carbocycles. The normalized spacial score (nSPS) is 15.7. The molecule has 3 rings (SSSR count). The lowest BCUT2D eigenvalue weighted by molar-refractivity contribution is -0.143. The van der Waals surface area contributed by atoms with Gasteiger partial charge in [0.25, 0.3) is 5.91 Å². The molecule has 1 fully saturated rings. The Bertz CT molecular complexity index is 820. The first-order chi connectivity index (χ1) is 11.1. The number of carbonyl (C=O) groups is 2. The Morgan fingerprint density at radius 3 is 2.87 bits per heavy atom. The van der Waals surface area contributed by atoms with Crippen molar-refractivity contribution in [3.05, 3.63) is 28.8 Å². The summed E-state index contributed by atoms with van der Waals surface area (Å²) in [6.45, 7) is 1.97. The monoisotopic (exact) mass is 336 g/mol. The van der Waals surface area contributed by atoms with Crippen LogP contribution in [-0.4, -0.2) is 23.1 Å². The molecule has 1 aromatic carbocycles. The van der Waals surface area contributed by atoms with Crippen LogP contribution in [0, 0.1) is 11.7 Å². The van der Waals surface area contributed by atoms with E-state index >= 15 is 0 Å². The second-order valence-electron chi connectivity index (χ2n) is 5.47. The molecule has 0 saturated heterocycles. The zero-order chi connectivity index (χ0) is 16.4. The minimum absolute atomic E-state index is 0.0204. The number of aromatic nitrogens is 1. The van der Waals surface area contributed by atoms with Gasteiger partial charge in [0, 0.05) is 5.92 Å². The lowest BCUT2D eigenvalue weighted by Crippen LogP contribution is -2.26. The second kappa shape index (κ2) is 6.62. The highest BCUT2D eigenvalue weighted by Gasteiger charge is 2.25. The van der Waals surface area contributed by atoms with Crippen LogP contribution in [0.3, 0.4) is 0 Å². The van der Waals surface area contributed by atoms with Crippen molar-refractivity contribution in [2.75, 3.05) is 6.61 Å². The maximum Gasteiger partial charge on any atom is 0.326 e. The molecule has 23 heavy (non-hydrogen) atoms. The molecular weight excluding hydrogens is 319 g/mol. The van der Waals surface area contributed by atoms with Crippen molar-refractivity contribution in [3.63, 3.8) is 0 Å². The van der Waals surface area contributed by atoms with Gasteiger partial charge in [-0.15, -0.1) is 0 Å². The van der Waals surface area contributed by atoms with Crippen LogP contribution in [0.4, 0.5) is 4.39 Å². The molecule has 1 heterocycles. The number of halogens is 1. The van der Waals surface area contributed by atoms with Gasteiger partial charge in [-0.3, -0.25) is 9.59 Å². The quantitative estimate of drug-likeness (QED) is 0.807. The molecule has 1 aliphatic rings. The number of amides is 1. The molecular formula is C16H17FN2O3S. The standard InChI is InChI=1S/C16H17FN2O3S/c1-2-22-14(20)9-19-12-7-6-11(17)8-13(12)23-16(19)18-15(21)10-4-3-5-10/h6-8,10H,2-5,9H2,1H3. The Balaban J connectivity index is 2.05. The first-order valence-electron chi connectivity index (χ1n) is 7.61. The fourth-order valence-corrected chi connectivity index (χ4v) is 3.52. The molecule has 1 aromatic heterocycles. The van der Waals surface area contributed by atoms with Gasteiger partial charge in [-0.1, -0.05) is 17.8 Å². The largest absolute Gasteiger partial charge is 0.465 e. The Morgan fingerprint density at radius 1 is 1.43 bits per heavy atom. The number of esters is 1. The lowest BCUT2D eigenvalue weighted by atomic mass is 9.85. The maximum absolute atomic E-state index is 13.4. The Kier molecular flexibility index (Phi) is 4.56. The van der Waals surface area contributed by atoms with Crippen LogP contribution in [-0.2, 0) is 20.9 Å². The van der Waals surface area contributed by atoms with Gasteiger partial charge in [-0.2, -0.15) is 4.99 Å². The van der Waals surface area contributed by atoms with Crippen molar-refractivity contribution < 1.29 is 18.7 Å². The average Bonchev–Trinajstić information content (AvgIpc) is 2.74. The molecule has 0 atom stereocenters. The molecule has 0 unspecified atom stereocenters. The number of nitrogens with zero attached hydrogens (tertiary/aromatic N) is 2. The number of benzene rings is 1. The highest BCUT2D eigenvalue weighted by molar-refractivity contribution is 7.16. The van der Waals surface area contributed by atoms with Gasteiger partial charge >= 0.3 is 5.97 Å². The maximum atomic E-state index is 13.4. The zero-order valence-electron chi connectivity index (χ0n) is 12.8. The molecule has 0 spiro atoms. The summed E-state index contributed by atoms with van der Waals surface area (Å²) >= 11 is 1.21. The van der Waals surface area contributed by atoms with Crippen molar-refractivity contribution >= 4 is 33.4 Å². The number of hydrogen-bond donors (Lipinski definition) is 0. The first kappa shape index (κ1) is 15.9. The van der Waals surface area contributed by atoms with Crippen LogP contribution in [0.1, 0.15) is 26.2 Å². The molecule has 7 heteroatoms. The van der Waals surface area contributed by atoms with E-state index in [1.807, 2.05) is 0 Å². The number of rotatable bonds is 4. The third kappa shape index (κ3) is 3.34. The van der Waals surface area contributed by atoms with Gasteiger partial charge in [-0.25, -0.2) is 4.39 Å². The number of fused-ring (bicyclic) bond motifs is 1. The van der Waals surface area contributed by atoms with E-state index in [1.54, 1.807) is 17.6 Å². The molecule has 0 radical (unpaired) electrons. The van der Waals surface area contributed by atoms with Crippen molar-refractivity contribution in [2.45, 2.75) is 32.7 Å². The third-order valence-electron chi connectivity index (χ3n) is 3.90. The molecule has 122 valence electrons. The summed E-state index contributed by atoms with van der Waals surface area (Å²) in [4.78, 5) is 28.5. The molecule has 2 aromatic rings. The van der Waals surface area contributed by atoms with Crippen LogP contribution in [0.5, 0.6) is 0 Å². The molecule has 5 nitrogen and oxygen atoms in total. The second-order valence-corrected chi connectivity index (χ2v) is 6.47. The molecule has 0 N–H and O–H groups in total. The fourth-order valence-electron chi connectivity index (χ4n) is 2.46. The Morgan fingerprint density at radius 2 is 2.22 bits per heavy atom. The molecule has 0 bridgehead atoms. The van der Waals surface area contributed by atoms with Crippen LogP contribution in [0.2, 0.25) is 0 Å². The Hall–Kier alpha value is -2.02. The number of thiazole rings is 1. The Labute approximate surface area is 136 Å². The van der Waals surface area contributed by atoms with Gasteiger partial charge < -0.3 is 9.30 Å². The third-order valence-corrected chi connectivity index (χ3v) is 4.94. The van der Waals surface area contributed by atoms with E-state index in [-0.39, 0.29) is 30.8 Å². The summed E-state index contributed by atoms with van der Waals surface area (Å²) in [7, 11) is 0. The summed E-state index contributed by atoms with van der Waals surface area (Å²) in [5, 5.41) is 0. The van der Waals surface area contributed by atoms with Crippen molar-refractivity contribution in [1.29, 1.82) is 0 Å². The molecule has 0 aliphatic heterocycles. The van der Waals surface area contributed by atoms with E-state index < -0.39 is 5.97 Å². The minimum Gasteiger partial charge on any atom is -0.465 e. The van der Waals surface area contributed by atoms with E-state index in [0.717, 1.165) is 19.3 Å². The van der Waals surface area contributed by atoms with Crippen LogP contribution < -0.4 is 4.80 Å². The topological polar surface area (TPSA) is 60.7 Å². The highest BCUT2D eigenvalue weighted by atomic mass is 32.1. The van der Waals surface area contributed by atoms with Gasteiger partial charge in [-0.05, 0) is 38.0 Å². The van der Waals surface area contributed by atoms with E-state index in [4.69, 9.17) is 4.74 Å². The molecule has 1 amide bonds. The summed E-state index contributed by atoms with van der Waals surface area (Å²) < 4.78 is 20.7. The predicted octanol–water partition coefficient (Wildman–Crippen LogP) is 2.63. The SMILES string of the molecule is CCOC(=O)Cn1c(=NC(=O)C2CCC2)sc2cc(F)ccc21. The van der Waals surface area contributed by atoms with Crippen molar-refractivity contribution in [3.8, 4) is 0 Å². The van der Waals surface area contributed by atoms with Gasteiger partial charge in [0.15, 0.2) is 4.80 Å². The highest BCUT2D eigenvalue weighted by Crippen LogP contribution is 2.27. The van der Waals surface area contributed by atoms with Gasteiger partial charge in [0.2, 0.25) is 0 Å². The number of hydrogen-bond acceptors (Lipinski definition) is 4. The van der Waals surface area contributed by atoms with Gasteiger partial charge in [0.1, 0.15) is 12.4 Å². The number of carbonyl (C=O) groups excluding carboxylic acids is 2. The lowest BCUT2D eigenvalue weighted by Gasteiger charge is -2.20. The van der Waals surface area contributed by atoms with E-state index in [0.29, 0.717) is 15.0 Å². The van der Waals surface area contributed by atoms with E-state index in [1.165, 1.54) is 23.5 Å².